The third-order valence-electron chi connectivity index (χ3n) is 3.50. The molecule has 0 saturated heterocycles. The lowest BCUT2D eigenvalue weighted by molar-refractivity contribution is 0.211. The van der Waals surface area contributed by atoms with Gasteiger partial charge in [0.25, 0.3) is 0 Å². The van der Waals surface area contributed by atoms with Crippen LogP contribution < -0.4 is 4.74 Å². The lowest BCUT2D eigenvalue weighted by Crippen LogP contribution is -2.10. The third kappa shape index (κ3) is 3.93. The Hall–Kier alpha value is -2.27. The molecule has 118 valence electrons. The van der Waals surface area contributed by atoms with Crippen LogP contribution in [0.5, 0.6) is 5.75 Å². The van der Waals surface area contributed by atoms with Crippen LogP contribution in [-0.2, 0) is 12.8 Å². The minimum absolute atomic E-state index is 0.152. The Morgan fingerprint density at radius 3 is 2.35 bits per heavy atom. The predicted octanol–water partition coefficient (Wildman–Crippen LogP) is 4.25. The second-order valence-electron chi connectivity index (χ2n) is 5.25. The molecule has 1 heterocycles. The van der Waals surface area contributed by atoms with Gasteiger partial charge in [-0.25, -0.2) is 0 Å². The SMILES string of the molecule is CC(Oc1ccccc1)c1nnc(SCc2ccccc2)n1C. The molecule has 3 rings (SSSR count). The quantitative estimate of drug-likeness (QED) is 0.635. The summed E-state index contributed by atoms with van der Waals surface area (Å²) in [5.41, 5.74) is 1.27. The Morgan fingerprint density at radius 1 is 1.00 bits per heavy atom. The summed E-state index contributed by atoms with van der Waals surface area (Å²) in [4.78, 5) is 0. The molecule has 0 amide bonds. The first kappa shape index (κ1) is 15.6. The largest absolute Gasteiger partial charge is 0.483 e. The van der Waals surface area contributed by atoms with Crippen molar-refractivity contribution in [1.29, 1.82) is 0 Å². The van der Waals surface area contributed by atoms with Gasteiger partial charge in [0, 0.05) is 12.8 Å². The van der Waals surface area contributed by atoms with Crippen molar-refractivity contribution in [2.75, 3.05) is 0 Å². The first-order chi connectivity index (χ1) is 11.2. The molecule has 0 N–H and O–H groups in total. The molecule has 1 unspecified atom stereocenters. The molecule has 3 aromatic rings. The monoisotopic (exact) mass is 325 g/mol. The first-order valence-corrected chi connectivity index (χ1v) is 8.50. The highest BCUT2D eigenvalue weighted by Crippen LogP contribution is 2.25. The van der Waals surface area contributed by atoms with Crippen LogP contribution in [0.4, 0.5) is 0 Å². The Balaban J connectivity index is 1.66. The summed E-state index contributed by atoms with van der Waals surface area (Å²) in [7, 11) is 1.98. The molecule has 0 bridgehead atoms. The molecule has 1 atom stereocenters. The minimum Gasteiger partial charge on any atom is -0.483 e. The molecule has 0 spiro atoms. The van der Waals surface area contributed by atoms with Gasteiger partial charge in [-0.1, -0.05) is 60.3 Å². The van der Waals surface area contributed by atoms with Crippen LogP contribution in [-0.4, -0.2) is 14.8 Å². The Kier molecular flexibility index (Phi) is 4.98. The summed E-state index contributed by atoms with van der Waals surface area (Å²) < 4.78 is 7.93. The van der Waals surface area contributed by atoms with E-state index in [4.69, 9.17) is 4.74 Å². The lowest BCUT2D eigenvalue weighted by Gasteiger charge is -2.14. The van der Waals surface area contributed by atoms with Gasteiger partial charge in [-0.05, 0) is 24.6 Å². The average Bonchev–Trinajstić information content (AvgIpc) is 2.96. The standard InChI is InChI=1S/C18H19N3OS/c1-14(22-16-11-7-4-8-12-16)17-19-20-18(21(17)2)23-13-15-9-5-3-6-10-15/h3-12,14H,13H2,1-2H3. The van der Waals surface area contributed by atoms with Crippen molar-refractivity contribution in [1.82, 2.24) is 14.8 Å². The van der Waals surface area contributed by atoms with Crippen molar-refractivity contribution >= 4 is 11.8 Å². The third-order valence-corrected chi connectivity index (χ3v) is 4.59. The maximum Gasteiger partial charge on any atom is 0.191 e. The smallest absolute Gasteiger partial charge is 0.191 e. The van der Waals surface area contributed by atoms with Crippen LogP contribution in [0.2, 0.25) is 0 Å². The van der Waals surface area contributed by atoms with E-state index in [9.17, 15) is 0 Å². The molecule has 0 aliphatic rings. The minimum atomic E-state index is -0.152. The molecule has 0 radical (unpaired) electrons. The van der Waals surface area contributed by atoms with Crippen LogP contribution in [0.1, 0.15) is 24.4 Å². The molecular weight excluding hydrogens is 306 g/mol. The summed E-state index contributed by atoms with van der Waals surface area (Å²) in [6.45, 7) is 1.99. The zero-order valence-electron chi connectivity index (χ0n) is 13.2. The van der Waals surface area contributed by atoms with E-state index in [1.165, 1.54) is 5.56 Å². The number of hydrogen-bond donors (Lipinski definition) is 0. The Labute approximate surface area is 140 Å². The second-order valence-corrected chi connectivity index (χ2v) is 6.19. The number of ether oxygens (including phenoxy) is 1. The van der Waals surface area contributed by atoms with Gasteiger partial charge in [-0.15, -0.1) is 10.2 Å². The van der Waals surface area contributed by atoms with Crippen LogP contribution >= 0.6 is 11.8 Å². The summed E-state index contributed by atoms with van der Waals surface area (Å²) in [5.74, 6) is 2.53. The Morgan fingerprint density at radius 2 is 1.65 bits per heavy atom. The van der Waals surface area contributed by atoms with Gasteiger partial charge in [-0.3, -0.25) is 0 Å². The maximum atomic E-state index is 5.92. The number of nitrogens with zero attached hydrogens (tertiary/aromatic N) is 3. The summed E-state index contributed by atoms with van der Waals surface area (Å²) >= 11 is 1.68. The van der Waals surface area contributed by atoms with Crippen molar-refractivity contribution in [3.05, 3.63) is 72.1 Å². The van der Waals surface area contributed by atoms with Gasteiger partial charge in [0.1, 0.15) is 5.75 Å². The Bertz CT molecular complexity index is 743. The summed E-state index contributed by atoms with van der Waals surface area (Å²) in [5, 5.41) is 9.48. The second kappa shape index (κ2) is 7.33. The van der Waals surface area contributed by atoms with E-state index in [0.717, 1.165) is 22.5 Å². The highest BCUT2D eigenvalue weighted by molar-refractivity contribution is 7.98. The van der Waals surface area contributed by atoms with E-state index >= 15 is 0 Å². The first-order valence-electron chi connectivity index (χ1n) is 7.52. The number of hydrogen-bond acceptors (Lipinski definition) is 4. The van der Waals surface area contributed by atoms with Crippen LogP contribution in [0, 0.1) is 0 Å². The van der Waals surface area contributed by atoms with Gasteiger partial charge in [0.2, 0.25) is 0 Å². The average molecular weight is 325 g/mol. The van der Waals surface area contributed by atoms with E-state index in [1.807, 2.05) is 67.1 Å². The molecule has 5 heteroatoms. The van der Waals surface area contributed by atoms with Crippen molar-refractivity contribution < 1.29 is 4.74 Å². The van der Waals surface area contributed by atoms with Crippen LogP contribution in [0.25, 0.3) is 0 Å². The van der Waals surface area contributed by atoms with E-state index in [1.54, 1.807) is 11.8 Å². The maximum absolute atomic E-state index is 5.92. The molecule has 0 fully saturated rings. The van der Waals surface area contributed by atoms with Crippen LogP contribution in [0.15, 0.2) is 65.8 Å². The van der Waals surface area contributed by atoms with Gasteiger partial charge in [0.15, 0.2) is 17.1 Å². The highest BCUT2D eigenvalue weighted by atomic mass is 32.2. The molecule has 1 aromatic heterocycles. The molecular formula is C18H19N3OS. The lowest BCUT2D eigenvalue weighted by atomic mass is 10.2. The van der Waals surface area contributed by atoms with Crippen molar-refractivity contribution in [2.24, 2.45) is 7.05 Å². The molecule has 0 saturated carbocycles. The molecule has 2 aromatic carbocycles. The van der Waals surface area contributed by atoms with Crippen molar-refractivity contribution in [3.8, 4) is 5.75 Å². The van der Waals surface area contributed by atoms with E-state index in [-0.39, 0.29) is 6.10 Å². The van der Waals surface area contributed by atoms with Crippen molar-refractivity contribution in [3.63, 3.8) is 0 Å². The van der Waals surface area contributed by atoms with Crippen LogP contribution in [0.3, 0.4) is 0 Å². The van der Waals surface area contributed by atoms with E-state index in [0.29, 0.717) is 0 Å². The predicted molar refractivity (Wildman–Crippen MR) is 92.5 cm³/mol. The fourth-order valence-electron chi connectivity index (χ4n) is 2.28. The normalized spacial score (nSPS) is 12.1. The number of benzene rings is 2. The molecule has 4 nitrogen and oxygen atoms in total. The molecule has 0 aliphatic heterocycles. The summed E-state index contributed by atoms with van der Waals surface area (Å²) in [6.07, 6.45) is -0.152. The number of thioether (sulfide) groups is 1. The fourth-order valence-corrected chi connectivity index (χ4v) is 3.16. The van der Waals surface area contributed by atoms with Gasteiger partial charge >= 0.3 is 0 Å². The highest BCUT2D eigenvalue weighted by Gasteiger charge is 2.17. The fraction of sp³-hybridized carbons (Fsp3) is 0.222. The van der Waals surface area contributed by atoms with Gasteiger partial charge in [-0.2, -0.15) is 0 Å². The number of para-hydroxylation sites is 1. The van der Waals surface area contributed by atoms with E-state index < -0.39 is 0 Å². The topological polar surface area (TPSA) is 39.9 Å². The zero-order chi connectivity index (χ0) is 16.1. The van der Waals surface area contributed by atoms with E-state index in [2.05, 4.69) is 22.3 Å². The van der Waals surface area contributed by atoms with Gasteiger partial charge in [0.05, 0.1) is 0 Å². The number of rotatable bonds is 6. The zero-order valence-corrected chi connectivity index (χ0v) is 14.0. The molecule has 23 heavy (non-hydrogen) atoms. The molecule has 0 aliphatic carbocycles. The van der Waals surface area contributed by atoms with Crippen molar-refractivity contribution in [2.45, 2.75) is 23.9 Å². The van der Waals surface area contributed by atoms with Gasteiger partial charge < -0.3 is 9.30 Å². The number of aromatic nitrogens is 3. The summed E-state index contributed by atoms with van der Waals surface area (Å²) in [6, 6.07) is 20.1.